The summed E-state index contributed by atoms with van der Waals surface area (Å²) in [6.07, 6.45) is 0. The molecule has 1 unspecified atom stereocenters. The number of hydrogen-bond donors (Lipinski definition) is 2. The molecule has 3 N–H and O–H groups in total. The molecule has 0 aliphatic rings. The minimum Gasteiger partial charge on any atom is -0.394 e. The van der Waals surface area contributed by atoms with Gasteiger partial charge in [-0.3, -0.25) is 0 Å². The van der Waals surface area contributed by atoms with Gasteiger partial charge in [0, 0.05) is 18.8 Å². The molecule has 0 aliphatic heterocycles. The average molecular weight is 208 g/mol. The van der Waals surface area contributed by atoms with Gasteiger partial charge in [0.15, 0.2) is 0 Å². The van der Waals surface area contributed by atoms with Gasteiger partial charge in [0.05, 0.1) is 12.6 Å². The van der Waals surface area contributed by atoms with E-state index in [0.29, 0.717) is 6.54 Å². The third-order valence-electron chi connectivity index (χ3n) is 2.69. The van der Waals surface area contributed by atoms with Crippen LogP contribution >= 0.6 is 0 Å². The third-order valence-corrected chi connectivity index (χ3v) is 2.69. The average Bonchev–Trinajstić information content (AvgIpc) is 2.27. The molecule has 3 nitrogen and oxygen atoms in total. The van der Waals surface area contributed by atoms with Crippen molar-refractivity contribution < 1.29 is 5.11 Å². The Hall–Kier alpha value is -1.06. The summed E-state index contributed by atoms with van der Waals surface area (Å²) in [4.78, 5) is 2.15. The summed E-state index contributed by atoms with van der Waals surface area (Å²) in [6.45, 7) is 5.57. The van der Waals surface area contributed by atoms with Gasteiger partial charge in [-0.05, 0) is 25.5 Å². The number of aliphatic hydroxyl groups is 1. The molecule has 0 saturated heterocycles. The van der Waals surface area contributed by atoms with E-state index in [0.717, 1.165) is 12.2 Å². The molecular weight excluding hydrogens is 188 g/mol. The number of hydrogen-bond acceptors (Lipinski definition) is 3. The highest BCUT2D eigenvalue weighted by molar-refractivity contribution is 5.53. The molecule has 0 saturated carbocycles. The largest absolute Gasteiger partial charge is 0.394 e. The van der Waals surface area contributed by atoms with Crippen molar-refractivity contribution in [2.24, 2.45) is 5.73 Å². The number of nitrogens with zero attached hydrogens (tertiary/aromatic N) is 1. The number of aryl methyl sites for hydroxylation is 1. The lowest BCUT2D eigenvalue weighted by atomic mass is 10.1. The first-order chi connectivity index (χ1) is 7.24. The molecule has 0 bridgehead atoms. The summed E-state index contributed by atoms with van der Waals surface area (Å²) in [5.74, 6) is 0. The fourth-order valence-corrected chi connectivity index (χ4v) is 1.81. The molecule has 1 atom stereocenters. The molecule has 1 rings (SSSR count). The number of aliphatic hydroxyl groups excluding tert-OH is 1. The Morgan fingerprint density at radius 2 is 2.07 bits per heavy atom. The van der Waals surface area contributed by atoms with Crippen LogP contribution in [-0.2, 0) is 0 Å². The van der Waals surface area contributed by atoms with Gasteiger partial charge in [0.25, 0.3) is 0 Å². The molecule has 0 radical (unpaired) electrons. The number of anilines is 1. The van der Waals surface area contributed by atoms with Crippen LogP contribution in [0.25, 0.3) is 0 Å². The maximum absolute atomic E-state index is 9.26. The second-order valence-corrected chi connectivity index (χ2v) is 3.64. The lowest BCUT2D eigenvalue weighted by molar-refractivity contribution is 0.262. The van der Waals surface area contributed by atoms with E-state index in [9.17, 15) is 5.11 Å². The predicted octanol–water partition coefficient (Wildman–Crippen LogP) is 1.14. The lowest BCUT2D eigenvalue weighted by Gasteiger charge is -2.31. The SMILES string of the molecule is CCN(c1ccccc1C)C(CN)CO. The van der Waals surface area contributed by atoms with E-state index < -0.39 is 0 Å². The van der Waals surface area contributed by atoms with Gasteiger partial charge in [-0.2, -0.15) is 0 Å². The standard InChI is InChI=1S/C12H20N2O/c1-3-14(11(8-13)9-15)12-7-5-4-6-10(12)2/h4-7,11,15H,3,8-9,13H2,1-2H3. The summed E-state index contributed by atoms with van der Waals surface area (Å²) in [6, 6.07) is 8.18. The van der Waals surface area contributed by atoms with Crippen LogP contribution in [0.2, 0.25) is 0 Å². The predicted molar refractivity (Wildman–Crippen MR) is 64.1 cm³/mol. The molecule has 0 amide bonds. The number of benzene rings is 1. The summed E-state index contributed by atoms with van der Waals surface area (Å²) in [7, 11) is 0. The van der Waals surface area contributed by atoms with Crippen LogP contribution in [0, 0.1) is 6.92 Å². The van der Waals surface area contributed by atoms with Gasteiger partial charge in [-0.15, -0.1) is 0 Å². The lowest BCUT2D eigenvalue weighted by Crippen LogP contribution is -2.43. The highest BCUT2D eigenvalue weighted by Gasteiger charge is 2.16. The minimum absolute atomic E-state index is 0.0103. The topological polar surface area (TPSA) is 49.5 Å². The van der Waals surface area contributed by atoms with Crippen molar-refractivity contribution in [2.45, 2.75) is 19.9 Å². The van der Waals surface area contributed by atoms with Crippen molar-refractivity contribution >= 4 is 5.69 Å². The zero-order chi connectivity index (χ0) is 11.3. The molecule has 15 heavy (non-hydrogen) atoms. The third kappa shape index (κ3) is 2.70. The second-order valence-electron chi connectivity index (χ2n) is 3.64. The van der Waals surface area contributed by atoms with Gasteiger partial charge in [-0.1, -0.05) is 18.2 Å². The Labute approximate surface area is 91.5 Å². The van der Waals surface area contributed by atoms with Gasteiger partial charge in [0.1, 0.15) is 0 Å². The zero-order valence-electron chi connectivity index (χ0n) is 9.48. The summed E-state index contributed by atoms with van der Waals surface area (Å²) in [5, 5.41) is 9.26. The van der Waals surface area contributed by atoms with E-state index in [4.69, 9.17) is 5.73 Å². The smallest absolute Gasteiger partial charge is 0.0647 e. The van der Waals surface area contributed by atoms with Gasteiger partial charge in [-0.25, -0.2) is 0 Å². The number of nitrogens with two attached hydrogens (primary N) is 1. The van der Waals surface area contributed by atoms with Crippen LogP contribution in [0.5, 0.6) is 0 Å². The second kappa shape index (κ2) is 5.73. The highest BCUT2D eigenvalue weighted by atomic mass is 16.3. The molecule has 0 heterocycles. The first-order valence-corrected chi connectivity index (χ1v) is 5.37. The Kier molecular flexibility index (Phi) is 4.59. The van der Waals surface area contributed by atoms with E-state index in [2.05, 4.69) is 30.9 Å². The van der Waals surface area contributed by atoms with E-state index in [-0.39, 0.29) is 12.6 Å². The number of para-hydroxylation sites is 1. The van der Waals surface area contributed by atoms with Gasteiger partial charge < -0.3 is 15.7 Å². The van der Waals surface area contributed by atoms with Crippen molar-refractivity contribution in [3.05, 3.63) is 29.8 Å². The van der Waals surface area contributed by atoms with Crippen LogP contribution < -0.4 is 10.6 Å². The van der Waals surface area contributed by atoms with E-state index in [1.807, 2.05) is 12.1 Å². The van der Waals surface area contributed by atoms with E-state index >= 15 is 0 Å². The van der Waals surface area contributed by atoms with Crippen molar-refractivity contribution in [2.75, 3.05) is 24.6 Å². The molecule has 0 spiro atoms. The van der Waals surface area contributed by atoms with E-state index in [1.54, 1.807) is 0 Å². The van der Waals surface area contributed by atoms with Crippen LogP contribution in [0.1, 0.15) is 12.5 Å². The monoisotopic (exact) mass is 208 g/mol. The molecule has 1 aromatic rings. The minimum atomic E-state index is 0.0103. The Morgan fingerprint density at radius 3 is 2.53 bits per heavy atom. The zero-order valence-corrected chi connectivity index (χ0v) is 9.48. The summed E-state index contributed by atoms with van der Waals surface area (Å²) < 4.78 is 0. The van der Waals surface area contributed by atoms with Crippen LogP contribution in [0.4, 0.5) is 5.69 Å². The molecule has 0 fully saturated rings. The van der Waals surface area contributed by atoms with Gasteiger partial charge >= 0.3 is 0 Å². The van der Waals surface area contributed by atoms with Crippen LogP contribution in [0.15, 0.2) is 24.3 Å². The molecule has 0 aromatic heterocycles. The van der Waals surface area contributed by atoms with Crippen molar-refractivity contribution in [3.8, 4) is 0 Å². The van der Waals surface area contributed by atoms with E-state index in [1.165, 1.54) is 5.56 Å². The normalized spacial score (nSPS) is 12.5. The maximum atomic E-state index is 9.26. The highest BCUT2D eigenvalue weighted by Crippen LogP contribution is 2.20. The number of rotatable bonds is 5. The Morgan fingerprint density at radius 1 is 1.40 bits per heavy atom. The van der Waals surface area contributed by atoms with Crippen molar-refractivity contribution in [1.29, 1.82) is 0 Å². The van der Waals surface area contributed by atoms with Crippen LogP contribution in [0.3, 0.4) is 0 Å². The fraction of sp³-hybridized carbons (Fsp3) is 0.500. The van der Waals surface area contributed by atoms with Crippen molar-refractivity contribution in [1.82, 2.24) is 0 Å². The fourth-order valence-electron chi connectivity index (χ4n) is 1.81. The molecule has 1 aromatic carbocycles. The molecular formula is C12H20N2O. The Bertz CT molecular complexity index is 297. The van der Waals surface area contributed by atoms with Crippen molar-refractivity contribution in [3.63, 3.8) is 0 Å². The molecule has 84 valence electrons. The Balaban J connectivity index is 2.96. The molecule has 0 aliphatic carbocycles. The first kappa shape index (κ1) is 12.0. The first-order valence-electron chi connectivity index (χ1n) is 5.37. The van der Waals surface area contributed by atoms with Gasteiger partial charge in [0.2, 0.25) is 0 Å². The quantitative estimate of drug-likeness (QED) is 0.763. The summed E-state index contributed by atoms with van der Waals surface area (Å²) in [5.41, 5.74) is 8.02. The molecule has 3 heteroatoms. The summed E-state index contributed by atoms with van der Waals surface area (Å²) >= 11 is 0. The van der Waals surface area contributed by atoms with Crippen LogP contribution in [-0.4, -0.2) is 30.8 Å². The number of likely N-dealkylation sites (N-methyl/N-ethyl adjacent to an activating group) is 1. The maximum Gasteiger partial charge on any atom is 0.0647 e.